The van der Waals surface area contributed by atoms with E-state index in [2.05, 4.69) is 5.32 Å². The van der Waals surface area contributed by atoms with Gasteiger partial charge in [0.15, 0.2) is 0 Å². The zero-order chi connectivity index (χ0) is 13.0. The summed E-state index contributed by atoms with van der Waals surface area (Å²) in [4.78, 5) is 11.7. The molecule has 0 saturated carbocycles. The number of hydrogen-bond acceptors (Lipinski definition) is 2. The van der Waals surface area contributed by atoms with Crippen molar-refractivity contribution in [3.63, 3.8) is 0 Å². The van der Waals surface area contributed by atoms with Crippen molar-refractivity contribution >= 4 is 11.6 Å². The number of amides is 1. The molecule has 1 unspecified atom stereocenters. The molecule has 1 N–H and O–H groups in total. The standard InChI is InChI=1S/C13H15FN2O/c1-8(2)11(7-15)13(17)16-10-5-4-9(3)12(14)6-10/h4-6,8,11H,1-3H3,(H,16,17). The Balaban J connectivity index is 2.81. The molecule has 1 atom stereocenters. The first-order valence-electron chi connectivity index (χ1n) is 5.42. The summed E-state index contributed by atoms with van der Waals surface area (Å²) in [6.07, 6.45) is 0. The second-order valence-corrected chi connectivity index (χ2v) is 4.30. The highest BCUT2D eigenvalue weighted by atomic mass is 19.1. The molecule has 90 valence electrons. The molecule has 1 aromatic carbocycles. The van der Waals surface area contributed by atoms with Crippen LogP contribution in [0.15, 0.2) is 18.2 Å². The molecule has 0 fully saturated rings. The zero-order valence-corrected chi connectivity index (χ0v) is 10.1. The molecule has 0 bridgehead atoms. The average molecular weight is 234 g/mol. The molecule has 0 heterocycles. The Hall–Kier alpha value is -1.89. The van der Waals surface area contributed by atoms with E-state index in [-0.39, 0.29) is 11.7 Å². The Labute approximate surface area is 100 Å². The summed E-state index contributed by atoms with van der Waals surface area (Å²) in [5.74, 6) is -1.57. The summed E-state index contributed by atoms with van der Waals surface area (Å²) in [5.41, 5.74) is 0.891. The number of nitriles is 1. The lowest BCUT2D eigenvalue weighted by Gasteiger charge is -2.13. The zero-order valence-electron chi connectivity index (χ0n) is 10.1. The molecule has 1 rings (SSSR count). The predicted octanol–water partition coefficient (Wildman–Crippen LogP) is 2.87. The molecule has 1 amide bonds. The molecule has 0 aliphatic carbocycles. The van der Waals surface area contributed by atoms with E-state index in [4.69, 9.17) is 5.26 Å². The Bertz CT molecular complexity index is 463. The van der Waals surface area contributed by atoms with E-state index in [0.717, 1.165) is 0 Å². The molecule has 0 radical (unpaired) electrons. The predicted molar refractivity (Wildman–Crippen MR) is 63.7 cm³/mol. The summed E-state index contributed by atoms with van der Waals surface area (Å²) < 4.78 is 13.3. The molecule has 0 aliphatic heterocycles. The van der Waals surface area contributed by atoms with Crippen LogP contribution >= 0.6 is 0 Å². The maximum absolute atomic E-state index is 13.3. The molecule has 0 saturated heterocycles. The number of nitrogens with zero attached hydrogens (tertiary/aromatic N) is 1. The van der Waals surface area contributed by atoms with E-state index in [1.54, 1.807) is 32.9 Å². The molecule has 0 aromatic heterocycles. The molecule has 4 heteroatoms. The normalized spacial score (nSPS) is 12.0. The number of carbonyl (C=O) groups is 1. The van der Waals surface area contributed by atoms with Crippen molar-refractivity contribution < 1.29 is 9.18 Å². The lowest BCUT2D eigenvalue weighted by molar-refractivity contribution is -0.119. The van der Waals surface area contributed by atoms with Crippen LogP contribution < -0.4 is 5.32 Å². The second-order valence-electron chi connectivity index (χ2n) is 4.30. The van der Waals surface area contributed by atoms with Gasteiger partial charge in [-0.25, -0.2) is 4.39 Å². The molecular formula is C13H15FN2O. The minimum atomic E-state index is -0.723. The van der Waals surface area contributed by atoms with Crippen LogP contribution in [0.3, 0.4) is 0 Å². The number of anilines is 1. The summed E-state index contributed by atoms with van der Waals surface area (Å²) in [7, 11) is 0. The van der Waals surface area contributed by atoms with Crippen molar-refractivity contribution in [1.82, 2.24) is 0 Å². The molecule has 17 heavy (non-hydrogen) atoms. The van der Waals surface area contributed by atoms with Crippen LogP contribution in [0.2, 0.25) is 0 Å². The average Bonchev–Trinajstić information content (AvgIpc) is 2.24. The lowest BCUT2D eigenvalue weighted by atomic mass is 9.96. The number of carbonyl (C=O) groups excluding carboxylic acids is 1. The highest BCUT2D eigenvalue weighted by Crippen LogP contribution is 2.16. The first kappa shape index (κ1) is 13.2. The van der Waals surface area contributed by atoms with Gasteiger partial charge in [0, 0.05) is 5.69 Å². The Kier molecular flexibility index (Phi) is 4.22. The minimum absolute atomic E-state index is 0.0738. The number of benzene rings is 1. The maximum atomic E-state index is 13.3. The van der Waals surface area contributed by atoms with Crippen molar-refractivity contribution in [2.75, 3.05) is 5.32 Å². The van der Waals surface area contributed by atoms with Crippen molar-refractivity contribution in [3.05, 3.63) is 29.6 Å². The van der Waals surface area contributed by atoms with Gasteiger partial charge in [0.1, 0.15) is 11.7 Å². The number of aryl methyl sites for hydroxylation is 1. The molecule has 3 nitrogen and oxygen atoms in total. The number of rotatable bonds is 3. The van der Waals surface area contributed by atoms with Crippen molar-refractivity contribution in [2.24, 2.45) is 11.8 Å². The monoisotopic (exact) mass is 234 g/mol. The first-order valence-corrected chi connectivity index (χ1v) is 5.42. The largest absolute Gasteiger partial charge is 0.325 e. The first-order chi connectivity index (χ1) is 7.95. The maximum Gasteiger partial charge on any atom is 0.241 e. The second kappa shape index (κ2) is 5.44. The third kappa shape index (κ3) is 3.28. The summed E-state index contributed by atoms with van der Waals surface area (Å²) in [6.45, 7) is 5.24. The summed E-state index contributed by atoms with van der Waals surface area (Å²) in [6, 6.07) is 6.39. The van der Waals surface area contributed by atoms with Gasteiger partial charge in [0.25, 0.3) is 0 Å². The van der Waals surface area contributed by atoms with Gasteiger partial charge >= 0.3 is 0 Å². The fourth-order valence-electron chi connectivity index (χ4n) is 1.40. The van der Waals surface area contributed by atoms with E-state index in [1.165, 1.54) is 6.07 Å². The number of halogens is 1. The fourth-order valence-corrected chi connectivity index (χ4v) is 1.40. The van der Waals surface area contributed by atoms with Crippen LogP contribution in [0.5, 0.6) is 0 Å². The van der Waals surface area contributed by atoms with Gasteiger partial charge in [-0.3, -0.25) is 4.79 Å². The smallest absolute Gasteiger partial charge is 0.241 e. The third-order valence-electron chi connectivity index (χ3n) is 2.53. The highest BCUT2D eigenvalue weighted by Gasteiger charge is 2.21. The van der Waals surface area contributed by atoms with Crippen LogP contribution in [-0.4, -0.2) is 5.91 Å². The Morgan fingerprint density at radius 2 is 2.12 bits per heavy atom. The quantitative estimate of drug-likeness (QED) is 0.874. The Morgan fingerprint density at radius 3 is 2.59 bits per heavy atom. The fraction of sp³-hybridized carbons (Fsp3) is 0.385. The minimum Gasteiger partial charge on any atom is -0.325 e. The van der Waals surface area contributed by atoms with Gasteiger partial charge in [-0.1, -0.05) is 19.9 Å². The molecule has 1 aromatic rings. The van der Waals surface area contributed by atoms with E-state index in [0.29, 0.717) is 11.3 Å². The third-order valence-corrected chi connectivity index (χ3v) is 2.53. The van der Waals surface area contributed by atoms with E-state index < -0.39 is 11.8 Å². The number of nitrogens with one attached hydrogen (secondary N) is 1. The van der Waals surface area contributed by atoms with Crippen molar-refractivity contribution in [2.45, 2.75) is 20.8 Å². The summed E-state index contributed by atoms with van der Waals surface area (Å²) >= 11 is 0. The van der Waals surface area contributed by atoms with Crippen molar-refractivity contribution in [1.29, 1.82) is 5.26 Å². The molecule has 0 spiro atoms. The number of hydrogen-bond donors (Lipinski definition) is 1. The SMILES string of the molecule is Cc1ccc(NC(=O)C(C#N)C(C)C)cc1F. The van der Waals surface area contributed by atoms with E-state index >= 15 is 0 Å². The van der Waals surface area contributed by atoms with Crippen LogP contribution in [0.4, 0.5) is 10.1 Å². The van der Waals surface area contributed by atoms with Crippen LogP contribution in [0.25, 0.3) is 0 Å². The van der Waals surface area contributed by atoms with Gasteiger partial charge in [-0.15, -0.1) is 0 Å². The Morgan fingerprint density at radius 1 is 1.47 bits per heavy atom. The van der Waals surface area contributed by atoms with Gasteiger partial charge in [-0.2, -0.15) is 5.26 Å². The lowest BCUT2D eigenvalue weighted by Crippen LogP contribution is -2.25. The highest BCUT2D eigenvalue weighted by molar-refractivity contribution is 5.94. The van der Waals surface area contributed by atoms with Crippen LogP contribution in [-0.2, 0) is 4.79 Å². The van der Waals surface area contributed by atoms with Crippen molar-refractivity contribution in [3.8, 4) is 6.07 Å². The molecule has 0 aliphatic rings. The van der Waals surface area contributed by atoms with Crippen LogP contribution in [0.1, 0.15) is 19.4 Å². The van der Waals surface area contributed by atoms with Gasteiger partial charge in [-0.05, 0) is 30.5 Å². The van der Waals surface area contributed by atoms with E-state index in [1.807, 2.05) is 6.07 Å². The van der Waals surface area contributed by atoms with Crippen LogP contribution in [0, 0.1) is 35.9 Å². The van der Waals surface area contributed by atoms with E-state index in [9.17, 15) is 9.18 Å². The van der Waals surface area contributed by atoms with Gasteiger partial charge < -0.3 is 5.32 Å². The topological polar surface area (TPSA) is 52.9 Å². The summed E-state index contributed by atoms with van der Waals surface area (Å²) in [5, 5.41) is 11.4. The van der Waals surface area contributed by atoms with Gasteiger partial charge in [0.05, 0.1) is 6.07 Å². The molecular weight excluding hydrogens is 219 g/mol. The van der Waals surface area contributed by atoms with Gasteiger partial charge in [0.2, 0.25) is 5.91 Å².